The first-order valence-electron chi connectivity index (χ1n) is 4.30. The minimum Gasteiger partial charge on any atom is -0.497 e. The molecule has 0 unspecified atom stereocenters. The van der Waals surface area contributed by atoms with E-state index in [1.54, 1.807) is 20.1 Å². The average molecular weight is 190 g/mol. The molecular formula is C11H14N2O. The van der Waals surface area contributed by atoms with Gasteiger partial charge in [0, 0.05) is 11.3 Å². The maximum Gasteiger partial charge on any atom is 0.119 e. The van der Waals surface area contributed by atoms with Gasteiger partial charge in [-0.3, -0.25) is 0 Å². The van der Waals surface area contributed by atoms with Gasteiger partial charge in [-0.1, -0.05) is 12.1 Å². The Labute approximate surface area is 83.7 Å². The van der Waals surface area contributed by atoms with E-state index in [1.807, 2.05) is 24.3 Å². The van der Waals surface area contributed by atoms with E-state index in [-0.39, 0.29) is 0 Å². The molecular weight excluding hydrogens is 176 g/mol. The second-order valence-corrected chi connectivity index (χ2v) is 3.03. The normalized spacial score (nSPS) is 11.1. The molecule has 0 saturated heterocycles. The van der Waals surface area contributed by atoms with Crippen LogP contribution in [0.25, 0.3) is 0 Å². The number of rotatable bonds is 3. The molecule has 1 rings (SSSR count). The number of nitrogens with two attached hydrogens (primary N) is 1. The quantitative estimate of drug-likeness (QED) is 0.715. The van der Waals surface area contributed by atoms with E-state index in [2.05, 4.69) is 0 Å². The van der Waals surface area contributed by atoms with Gasteiger partial charge < -0.3 is 15.9 Å². The first-order chi connectivity index (χ1) is 6.63. The number of methoxy groups -OCH3 is 1. The summed E-state index contributed by atoms with van der Waals surface area (Å²) < 4.78 is 5.06. The Morgan fingerprint density at radius 3 is 2.79 bits per heavy atom. The zero-order valence-electron chi connectivity index (χ0n) is 8.37. The van der Waals surface area contributed by atoms with Crippen molar-refractivity contribution in [3.8, 4) is 5.75 Å². The Balaban J connectivity index is 2.96. The lowest BCUT2D eigenvalue weighted by molar-refractivity contribution is 0.414. The number of ether oxygens (including phenoxy) is 1. The van der Waals surface area contributed by atoms with Gasteiger partial charge in [-0.15, -0.1) is 0 Å². The lowest BCUT2D eigenvalue weighted by Crippen LogP contribution is -2.00. The summed E-state index contributed by atoms with van der Waals surface area (Å²) in [7, 11) is 1.60. The number of hydrogen-bond acceptors (Lipinski definition) is 3. The molecule has 0 aliphatic heterocycles. The fraction of sp³-hybridized carbons (Fsp3) is 0.182. The molecule has 0 amide bonds. The molecule has 0 atom stereocenters. The van der Waals surface area contributed by atoms with Gasteiger partial charge in [-0.2, -0.15) is 0 Å². The molecule has 3 N–H and O–H groups in total. The molecule has 1 aromatic rings. The van der Waals surface area contributed by atoms with Crippen LogP contribution in [-0.4, -0.2) is 12.8 Å². The highest BCUT2D eigenvalue weighted by molar-refractivity contribution is 6.06. The van der Waals surface area contributed by atoms with Gasteiger partial charge in [-0.25, -0.2) is 0 Å². The van der Waals surface area contributed by atoms with E-state index < -0.39 is 0 Å². The minimum absolute atomic E-state index is 0.393. The number of benzene rings is 1. The van der Waals surface area contributed by atoms with Crippen molar-refractivity contribution in [2.24, 2.45) is 5.73 Å². The summed E-state index contributed by atoms with van der Waals surface area (Å²) in [6.45, 7) is 1.76. The van der Waals surface area contributed by atoms with Crippen LogP contribution in [0.1, 0.15) is 12.5 Å². The molecule has 74 valence electrons. The summed E-state index contributed by atoms with van der Waals surface area (Å²) in [6.07, 6.45) is 1.62. The third kappa shape index (κ3) is 2.62. The molecule has 0 spiro atoms. The molecule has 0 saturated carbocycles. The Kier molecular flexibility index (Phi) is 3.29. The first-order valence-corrected chi connectivity index (χ1v) is 4.30. The third-order valence-corrected chi connectivity index (χ3v) is 1.75. The molecule has 14 heavy (non-hydrogen) atoms. The zero-order valence-corrected chi connectivity index (χ0v) is 8.37. The molecule has 1 aromatic carbocycles. The number of hydrogen-bond donors (Lipinski definition) is 2. The lowest BCUT2D eigenvalue weighted by atomic mass is 10.1. The molecule has 0 aliphatic carbocycles. The van der Waals surface area contributed by atoms with Crippen LogP contribution in [0.15, 0.2) is 36.0 Å². The van der Waals surface area contributed by atoms with Crippen LogP contribution < -0.4 is 10.5 Å². The fourth-order valence-corrected chi connectivity index (χ4v) is 1.10. The molecule has 0 heterocycles. The molecule has 0 aromatic heterocycles. The third-order valence-electron chi connectivity index (χ3n) is 1.75. The smallest absolute Gasteiger partial charge is 0.119 e. The van der Waals surface area contributed by atoms with Crippen LogP contribution in [0.4, 0.5) is 0 Å². The predicted molar refractivity (Wildman–Crippen MR) is 57.8 cm³/mol. The summed E-state index contributed by atoms with van der Waals surface area (Å²) in [6, 6.07) is 7.35. The maximum absolute atomic E-state index is 7.72. The summed E-state index contributed by atoms with van der Waals surface area (Å²) >= 11 is 0. The second-order valence-electron chi connectivity index (χ2n) is 3.03. The molecule has 3 heteroatoms. The second kappa shape index (κ2) is 4.46. The standard InChI is InChI=1S/C11H14N2O/c1-8(12)6-11(13)9-4-3-5-10(7-9)14-2/h3-7,13H,12H2,1-2H3/b8-6-,13-11?. The van der Waals surface area contributed by atoms with Crippen LogP contribution in [0.2, 0.25) is 0 Å². The van der Waals surface area contributed by atoms with Crippen molar-refractivity contribution < 1.29 is 4.74 Å². The molecule has 0 radical (unpaired) electrons. The van der Waals surface area contributed by atoms with Crippen molar-refractivity contribution in [2.45, 2.75) is 6.92 Å². The van der Waals surface area contributed by atoms with Crippen LogP contribution in [-0.2, 0) is 0 Å². The lowest BCUT2D eigenvalue weighted by Gasteiger charge is -2.03. The van der Waals surface area contributed by atoms with Crippen molar-refractivity contribution in [3.63, 3.8) is 0 Å². The van der Waals surface area contributed by atoms with Gasteiger partial charge in [0.25, 0.3) is 0 Å². The SMILES string of the molecule is COc1cccc(C(=N)/C=C(/C)N)c1. The van der Waals surface area contributed by atoms with E-state index in [4.69, 9.17) is 15.9 Å². The van der Waals surface area contributed by atoms with Gasteiger partial charge >= 0.3 is 0 Å². The topological polar surface area (TPSA) is 59.1 Å². The van der Waals surface area contributed by atoms with Gasteiger partial charge in [-0.05, 0) is 25.1 Å². The van der Waals surface area contributed by atoms with Gasteiger partial charge in [0.15, 0.2) is 0 Å². The Bertz CT molecular complexity index is 365. The monoisotopic (exact) mass is 190 g/mol. The largest absolute Gasteiger partial charge is 0.497 e. The predicted octanol–water partition coefficient (Wildman–Crippen LogP) is 1.93. The van der Waals surface area contributed by atoms with E-state index in [1.165, 1.54) is 0 Å². The molecule has 0 aliphatic rings. The highest BCUT2D eigenvalue weighted by Crippen LogP contribution is 2.13. The first kappa shape index (κ1) is 10.3. The summed E-state index contributed by atoms with van der Waals surface area (Å²) in [5.41, 5.74) is 7.31. The summed E-state index contributed by atoms with van der Waals surface area (Å²) in [4.78, 5) is 0. The number of allylic oxidation sites excluding steroid dienone is 2. The zero-order chi connectivity index (χ0) is 10.6. The fourth-order valence-electron chi connectivity index (χ4n) is 1.10. The molecule has 0 fully saturated rings. The van der Waals surface area contributed by atoms with Crippen LogP contribution in [0.5, 0.6) is 5.75 Å². The number of nitrogens with one attached hydrogen (secondary N) is 1. The Morgan fingerprint density at radius 2 is 2.21 bits per heavy atom. The van der Waals surface area contributed by atoms with Crippen LogP contribution >= 0.6 is 0 Å². The highest BCUT2D eigenvalue weighted by atomic mass is 16.5. The van der Waals surface area contributed by atoms with Crippen molar-refractivity contribution in [2.75, 3.05) is 7.11 Å². The summed E-state index contributed by atoms with van der Waals surface area (Å²) in [5, 5.41) is 7.72. The minimum atomic E-state index is 0.393. The molecule has 0 bridgehead atoms. The van der Waals surface area contributed by atoms with Crippen molar-refractivity contribution in [3.05, 3.63) is 41.6 Å². The van der Waals surface area contributed by atoms with Crippen LogP contribution in [0.3, 0.4) is 0 Å². The Hall–Kier alpha value is -1.77. The van der Waals surface area contributed by atoms with Crippen molar-refractivity contribution >= 4 is 5.71 Å². The van der Waals surface area contributed by atoms with E-state index >= 15 is 0 Å². The highest BCUT2D eigenvalue weighted by Gasteiger charge is 1.99. The van der Waals surface area contributed by atoms with E-state index in [0.717, 1.165) is 11.3 Å². The van der Waals surface area contributed by atoms with Gasteiger partial charge in [0.2, 0.25) is 0 Å². The van der Waals surface area contributed by atoms with Crippen molar-refractivity contribution in [1.82, 2.24) is 0 Å². The van der Waals surface area contributed by atoms with Gasteiger partial charge in [0.05, 0.1) is 12.8 Å². The average Bonchev–Trinajstić information content (AvgIpc) is 2.17. The van der Waals surface area contributed by atoms with E-state index in [0.29, 0.717) is 11.4 Å². The van der Waals surface area contributed by atoms with Crippen molar-refractivity contribution in [1.29, 1.82) is 5.41 Å². The molecule has 3 nitrogen and oxygen atoms in total. The Morgan fingerprint density at radius 1 is 1.50 bits per heavy atom. The van der Waals surface area contributed by atoms with Crippen LogP contribution in [0, 0.1) is 5.41 Å². The maximum atomic E-state index is 7.72. The summed E-state index contributed by atoms with van der Waals surface area (Å²) in [5.74, 6) is 0.746. The van der Waals surface area contributed by atoms with E-state index in [9.17, 15) is 0 Å². The van der Waals surface area contributed by atoms with Gasteiger partial charge in [0.1, 0.15) is 5.75 Å².